The van der Waals surface area contributed by atoms with E-state index in [1.165, 1.54) is 40.5 Å². The molecule has 0 saturated heterocycles. The number of hydrogen-bond acceptors (Lipinski definition) is 1. The second kappa shape index (κ2) is 3.93. The Hall–Kier alpha value is -0.500. The molecule has 0 unspecified atom stereocenters. The first-order valence-corrected chi connectivity index (χ1v) is 5.99. The third-order valence-corrected chi connectivity index (χ3v) is 3.51. The first kappa shape index (κ1) is 10.0. The van der Waals surface area contributed by atoms with E-state index < -0.39 is 0 Å². The number of halogens is 1. The fourth-order valence-electron chi connectivity index (χ4n) is 1.86. The topological polar surface area (TPSA) is 12.0 Å². The van der Waals surface area contributed by atoms with E-state index in [1.54, 1.807) is 0 Å². The summed E-state index contributed by atoms with van der Waals surface area (Å²) in [5, 5.41) is 3.60. The summed E-state index contributed by atoms with van der Waals surface area (Å²) in [6.45, 7) is 4.30. The monoisotopic (exact) mass is 253 g/mol. The molecule has 14 heavy (non-hydrogen) atoms. The number of aryl methyl sites for hydroxylation is 2. The maximum atomic E-state index is 3.62. The molecule has 1 aliphatic rings. The van der Waals surface area contributed by atoms with E-state index in [1.807, 2.05) is 0 Å². The van der Waals surface area contributed by atoms with Crippen molar-refractivity contribution >= 4 is 21.6 Å². The van der Waals surface area contributed by atoms with Crippen molar-refractivity contribution in [1.82, 2.24) is 0 Å². The molecule has 0 bridgehead atoms. The zero-order chi connectivity index (χ0) is 10.1. The summed E-state index contributed by atoms with van der Waals surface area (Å²) in [6.07, 6.45) is 4.01. The first-order chi connectivity index (χ1) is 6.66. The Morgan fingerprint density at radius 1 is 1.29 bits per heavy atom. The number of rotatable bonds is 2. The van der Waals surface area contributed by atoms with Gasteiger partial charge in [-0.15, -0.1) is 0 Å². The summed E-state index contributed by atoms with van der Waals surface area (Å²) >= 11 is 3.62. The maximum Gasteiger partial charge on any atom is 0.0516 e. The minimum Gasteiger partial charge on any atom is -0.381 e. The molecule has 1 aromatic carbocycles. The molecule has 1 aromatic rings. The molecule has 1 N–H and O–H groups in total. The van der Waals surface area contributed by atoms with Crippen molar-refractivity contribution in [3.05, 3.63) is 27.7 Å². The number of hydrogen-bond donors (Lipinski definition) is 1. The Balaban J connectivity index is 2.22. The quantitative estimate of drug-likeness (QED) is 0.840. The van der Waals surface area contributed by atoms with Crippen LogP contribution in [0, 0.1) is 13.8 Å². The smallest absolute Gasteiger partial charge is 0.0516 e. The van der Waals surface area contributed by atoms with Crippen LogP contribution in [0.5, 0.6) is 0 Å². The summed E-state index contributed by atoms with van der Waals surface area (Å²) in [5.74, 6) is 0. The van der Waals surface area contributed by atoms with E-state index in [-0.39, 0.29) is 0 Å². The maximum absolute atomic E-state index is 3.62. The van der Waals surface area contributed by atoms with Gasteiger partial charge in [0.15, 0.2) is 0 Å². The van der Waals surface area contributed by atoms with Gasteiger partial charge >= 0.3 is 0 Å². The summed E-state index contributed by atoms with van der Waals surface area (Å²) < 4.78 is 1.20. The van der Waals surface area contributed by atoms with Gasteiger partial charge in [0.25, 0.3) is 0 Å². The third-order valence-electron chi connectivity index (χ3n) is 2.89. The summed E-state index contributed by atoms with van der Waals surface area (Å²) in [4.78, 5) is 0. The molecule has 0 atom stereocenters. The summed E-state index contributed by atoms with van der Waals surface area (Å²) in [6, 6.07) is 5.10. The Morgan fingerprint density at radius 3 is 2.50 bits per heavy atom. The molecule has 0 spiro atoms. The number of benzene rings is 1. The van der Waals surface area contributed by atoms with E-state index >= 15 is 0 Å². The van der Waals surface area contributed by atoms with Crippen LogP contribution in [0.4, 0.5) is 5.69 Å². The van der Waals surface area contributed by atoms with E-state index in [9.17, 15) is 0 Å². The van der Waals surface area contributed by atoms with Crippen LogP contribution in [-0.4, -0.2) is 6.04 Å². The van der Waals surface area contributed by atoms with Crippen molar-refractivity contribution in [3.63, 3.8) is 0 Å². The van der Waals surface area contributed by atoms with Crippen molar-refractivity contribution in [2.24, 2.45) is 0 Å². The lowest BCUT2D eigenvalue weighted by molar-refractivity contribution is 0.445. The van der Waals surface area contributed by atoms with Crippen LogP contribution in [0.1, 0.15) is 30.4 Å². The lowest BCUT2D eigenvalue weighted by Gasteiger charge is -2.29. The van der Waals surface area contributed by atoms with Gasteiger partial charge in [-0.1, -0.05) is 6.07 Å². The minimum atomic E-state index is 0.702. The molecular weight excluding hydrogens is 238 g/mol. The normalized spacial score (nSPS) is 16.5. The minimum absolute atomic E-state index is 0.702. The van der Waals surface area contributed by atoms with Crippen LogP contribution in [-0.2, 0) is 0 Å². The van der Waals surface area contributed by atoms with E-state index in [0.29, 0.717) is 6.04 Å². The highest BCUT2D eigenvalue weighted by Gasteiger charge is 2.18. The molecule has 0 aromatic heterocycles. The summed E-state index contributed by atoms with van der Waals surface area (Å²) in [5.41, 5.74) is 3.93. The zero-order valence-corrected chi connectivity index (χ0v) is 10.3. The highest BCUT2D eigenvalue weighted by atomic mass is 79.9. The molecule has 1 fully saturated rings. The lowest BCUT2D eigenvalue weighted by atomic mass is 9.92. The number of anilines is 1. The van der Waals surface area contributed by atoms with E-state index in [4.69, 9.17) is 0 Å². The standard InChI is InChI=1S/C12H16BrN/c1-8-6-9(2)12(11(13)7-8)14-10-4-3-5-10/h6-7,10,14H,3-5H2,1-2H3. The average Bonchev–Trinajstić information content (AvgIpc) is 1.98. The highest BCUT2D eigenvalue weighted by Crippen LogP contribution is 2.31. The molecule has 76 valence electrons. The van der Waals surface area contributed by atoms with Crippen LogP contribution in [0.25, 0.3) is 0 Å². The SMILES string of the molecule is Cc1cc(C)c(NC2CCC2)c(Br)c1. The largest absolute Gasteiger partial charge is 0.381 e. The zero-order valence-electron chi connectivity index (χ0n) is 8.73. The highest BCUT2D eigenvalue weighted by molar-refractivity contribution is 9.10. The van der Waals surface area contributed by atoms with Gasteiger partial charge in [-0.2, -0.15) is 0 Å². The Labute approximate surface area is 94.0 Å². The van der Waals surface area contributed by atoms with Gasteiger partial charge in [0.05, 0.1) is 5.69 Å². The lowest BCUT2D eigenvalue weighted by Crippen LogP contribution is -2.27. The van der Waals surface area contributed by atoms with E-state index in [0.717, 1.165) is 0 Å². The van der Waals surface area contributed by atoms with Crippen molar-refractivity contribution in [3.8, 4) is 0 Å². The van der Waals surface area contributed by atoms with Crippen molar-refractivity contribution in [2.75, 3.05) is 5.32 Å². The molecular formula is C12H16BrN. The molecule has 0 heterocycles. The van der Waals surface area contributed by atoms with Gasteiger partial charge in [0.1, 0.15) is 0 Å². The molecule has 2 heteroatoms. The van der Waals surface area contributed by atoms with Crippen molar-refractivity contribution < 1.29 is 0 Å². The van der Waals surface area contributed by atoms with Crippen LogP contribution in [0.2, 0.25) is 0 Å². The molecule has 1 nitrogen and oxygen atoms in total. The van der Waals surface area contributed by atoms with Gasteiger partial charge in [-0.3, -0.25) is 0 Å². The third kappa shape index (κ3) is 1.95. The molecule has 0 amide bonds. The van der Waals surface area contributed by atoms with Gasteiger partial charge in [0.2, 0.25) is 0 Å². The molecule has 0 radical (unpaired) electrons. The van der Waals surface area contributed by atoms with Crippen LogP contribution in [0.3, 0.4) is 0 Å². The Morgan fingerprint density at radius 2 is 2.00 bits per heavy atom. The summed E-state index contributed by atoms with van der Waals surface area (Å²) in [7, 11) is 0. The molecule has 0 aliphatic heterocycles. The molecule has 1 aliphatic carbocycles. The van der Waals surface area contributed by atoms with Crippen LogP contribution in [0.15, 0.2) is 16.6 Å². The van der Waals surface area contributed by atoms with Gasteiger partial charge in [-0.25, -0.2) is 0 Å². The van der Waals surface area contributed by atoms with E-state index in [2.05, 4.69) is 47.2 Å². The molecule has 1 saturated carbocycles. The van der Waals surface area contributed by atoms with Crippen molar-refractivity contribution in [1.29, 1.82) is 0 Å². The molecule has 2 rings (SSSR count). The first-order valence-electron chi connectivity index (χ1n) is 5.20. The van der Waals surface area contributed by atoms with Gasteiger partial charge in [0, 0.05) is 10.5 Å². The Kier molecular flexibility index (Phi) is 2.82. The van der Waals surface area contributed by atoms with Gasteiger partial charge < -0.3 is 5.32 Å². The van der Waals surface area contributed by atoms with Gasteiger partial charge in [-0.05, 0) is 66.2 Å². The number of nitrogens with one attached hydrogen (secondary N) is 1. The van der Waals surface area contributed by atoms with Crippen LogP contribution < -0.4 is 5.32 Å². The predicted octanol–water partition coefficient (Wildman–Crippen LogP) is 4.03. The second-order valence-electron chi connectivity index (χ2n) is 4.21. The fraction of sp³-hybridized carbons (Fsp3) is 0.500. The van der Waals surface area contributed by atoms with Crippen molar-refractivity contribution in [2.45, 2.75) is 39.2 Å². The Bertz CT molecular complexity index is 319. The fourth-order valence-corrected chi connectivity index (χ4v) is 2.64. The average molecular weight is 254 g/mol. The van der Waals surface area contributed by atoms with Crippen LogP contribution >= 0.6 is 15.9 Å². The predicted molar refractivity (Wildman–Crippen MR) is 64.9 cm³/mol. The second-order valence-corrected chi connectivity index (χ2v) is 5.07.